The van der Waals surface area contributed by atoms with E-state index in [0.29, 0.717) is 0 Å². The van der Waals surface area contributed by atoms with Crippen molar-refractivity contribution in [1.82, 2.24) is 14.8 Å². The molecule has 0 aliphatic carbocycles. The monoisotopic (exact) mass is 325 g/mol. The highest BCUT2D eigenvalue weighted by Crippen LogP contribution is 2.12. The topological polar surface area (TPSA) is 97.3 Å². The molecule has 0 saturated carbocycles. The van der Waals surface area contributed by atoms with Crippen molar-refractivity contribution in [3.05, 3.63) is 64.8 Å². The van der Waals surface area contributed by atoms with E-state index in [1.54, 1.807) is 10.9 Å². The minimum absolute atomic E-state index is 0.376. The van der Waals surface area contributed by atoms with E-state index in [4.69, 9.17) is 0 Å². The Hall–Kier alpha value is -2.52. The fraction of sp³-hybridized carbons (Fsp3) is 0.0769. The number of hydrogen-bond acceptors (Lipinski definition) is 4. The van der Waals surface area contributed by atoms with Gasteiger partial charge in [0, 0.05) is 12.3 Å². The molecule has 7 nitrogen and oxygen atoms in total. The second-order valence-electron chi connectivity index (χ2n) is 4.25. The summed E-state index contributed by atoms with van der Waals surface area (Å²) in [7, 11) is -4.23. The standard InChI is InChI=1S/C13H12FN3O4S/c14-10-5-1-2-6-11(10)22(20,21)16-15-12(18)9-17-8-4-3-7-13(17)19/h1-8,16H,9H2,(H,15,18). The number of sulfonamides is 1. The molecule has 0 saturated heterocycles. The first-order valence-electron chi connectivity index (χ1n) is 6.11. The van der Waals surface area contributed by atoms with Gasteiger partial charge >= 0.3 is 0 Å². The third kappa shape index (κ3) is 3.77. The molecule has 1 aromatic heterocycles. The zero-order valence-corrected chi connectivity index (χ0v) is 12.0. The molecule has 1 amide bonds. The number of halogens is 1. The fourth-order valence-corrected chi connectivity index (χ4v) is 2.57. The van der Waals surface area contributed by atoms with Gasteiger partial charge in [-0.15, -0.1) is 4.83 Å². The molecule has 2 aromatic rings. The van der Waals surface area contributed by atoms with E-state index >= 15 is 0 Å². The third-order valence-corrected chi connectivity index (χ3v) is 3.94. The van der Waals surface area contributed by atoms with Gasteiger partial charge < -0.3 is 4.57 Å². The number of carbonyl (C=O) groups excluding carboxylic acids is 1. The Kier molecular flexibility index (Phi) is 4.68. The van der Waals surface area contributed by atoms with E-state index in [-0.39, 0.29) is 6.54 Å². The van der Waals surface area contributed by atoms with Crippen molar-refractivity contribution in [3.63, 3.8) is 0 Å². The summed E-state index contributed by atoms with van der Waals surface area (Å²) in [6.45, 7) is -0.376. The summed E-state index contributed by atoms with van der Waals surface area (Å²) in [6.07, 6.45) is 1.38. The van der Waals surface area contributed by atoms with Crippen molar-refractivity contribution < 1.29 is 17.6 Å². The van der Waals surface area contributed by atoms with Gasteiger partial charge in [-0.25, -0.2) is 12.8 Å². The van der Waals surface area contributed by atoms with Crippen molar-refractivity contribution in [2.45, 2.75) is 11.4 Å². The molecule has 2 N–H and O–H groups in total. The number of hydrogen-bond donors (Lipinski definition) is 2. The number of hydrazine groups is 1. The van der Waals surface area contributed by atoms with E-state index in [2.05, 4.69) is 0 Å². The number of aromatic nitrogens is 1. The number of rotatable bonds is 5. The van der Waals surface area contributed by atoms with Crippen LogP contribution >= 0.6 is 0 Å². The quantitative estimate of drug-likeness (QED) is 0.756. The van der Waals surface area contributed by atoms with E-state index in [1.165, 1.54) is 30.5 Å². The average Bonchev–Trinajstić information content (AvgIpc) is 2.48. The van der Waals surface area contributed by atoms with Crippen LogP contribution in [0.3, 0.4) is 0 Å². The Morgan fingerprint density at radius 2 is 1.82 bits per heavy atom. The molecule has 1 aromatic carbocycles. The van der Waals surface area contributed by atoms with Crippen LogP contribution in [0, 0.1) is 5.82 Å². The number of nitrogens with one attached hydrogen (secondary N) is 2. The molecule has 22 heavy (non-hydrogen) atoms. The minimum Gasteiger partial charge on any atom is -0.306 e. The lowest BCUT2D eigenvalue weighted by atomic mass is 10.4. The molecule has 1 heterocycles. The summed E-state index contributed by atoms with van der Waals surface area (Å²) in [6, 6.07) is 9.07. The largest absolute Gasteiger partial charge is 0.306 e. The van der Waals surface area contributed by atoms with Crippen LogP contribution in [0.5, 0.6) is 0 Å². The van der Waals surface area contributed by atoms with Gasteiger partial charge in [-0.3, -0.25) is 15.0 Å². The molecular weight excluding hydrogens is 313 g/mol. The van der Waals surface area contributed by atoms with Crippen LogP contribution in [-0.2, 0) is 21.4 Å². The van der Waals surface area contributed by atoms with E-state index < -0.39 is 32.2 Å². The van der Waals surface area contributed by atoms with Gasteiger partial charge in [0.2, 0.25) is 0 Å². The lowest BCUT2D eigenvalue weighted by molar-refractivity contribution is -0.122. The molecule has 0 aliphatic heterocycles. The third-order valence-electron chi connectivity index (χ3n) is 2.66. The zero-order chi connectivity index (χ0) is 16.2. The Labute approximate surface area is 125 Å². The Balaban J connectivity index is 2.04. The molecule has 0 spiro atoms. The Bertz CT molecular complexity index is 848. The summed E-state index contributed by atoms with van der Waals surface area (Å²) >= 11 is 0. The van der Waals surface area contributed by atoms with Crippen LogP contribution in [0.1, 0.15) is 0 Å². The molecule has 0 fully saturated rings. The number of benzene rings is 1. The maximum absolute atomic E-state index is 13.4. The summed E-state index contributed by atoms with van der Waals surface area (Å²) in [5.41, 5.74) is 1.51. The minimum atomic E-state index is -4.23. The predicted molar refractivity (Wildman–Crippen MR) is 75.6 cm³/mol. The highest BCUT2D eigenvalue weighted by atomic mass is 32.2. The van der Waals surface area contributed by atoms with Gasteiger partial charge in [0.25, 0.3) is 21.5 Å². The van der Waals surface area contributed by atoms with Crippen molar-refractivity contribution in [1.29, 1.82) is 0 Å². The maximum Gasteiger partial charge on any atom is 0.260 e. The highest BCUT2D eigenvalue weighted by Gasteiger charge is 2.19. The van der Waals surface area contributed by atoms with Crippen molar-refractivity contribution >= 4 is 15.9 Å². The lowest BCUT2D eigenvalue weighted by Gasteiger charge is -2.09. The summed E-state index contributed by atoms with van der Waals surface area (Å²) < 4.78 is 38.2. The van der Waals surface area contributed by atoms with E-state index in [9.17, 15) is 22.4 Å². The summed E-state index contributed by atoms with van der Waals surface area (Å²) in [4.78, 5) is 24.2. The van der Waals surface area contributed by atoms with Gasteiger partial charge in [-0.1, -0.05) is 18.2 Å². The summed E-state index contributed by atoms with van der Waals surface area (Å²) in [5.74, 6) is -1.71. The first-order chi connectivity index (χ1) is 10.4. The number of amides is 1. The van der Waals surface area contributed by atoms with Crippen LogP contribution in [0.25, 0.3) is 0 Å². The van der Waals surface area contributed by atoms with E-state index in [1.807, 2.05) is 5.43 Å². The van der Waals surface area contributed by atoms with Crippen molar-refractivity contribution in [3.8, 4) is 0 Å². The average molecular weight is 325 g/mol. The molecule has 0 radical (unpaired) electrons. The molecule has 0 aliphatic rings. The van der Waals surface area contributed by atoms with Crippen LogP contribution in [-0.4, -0.2) is 18.9 Å². The van der Waals surface area contributed by atoms with Crippen molar-refractivity contribution in [2.75, 3.05) is 0 Å². The highest BCUT2D eigenvalue weighted by molar-refractivity contribution is 7.89. The fourth-order valence-electron chi connectivity index (χ4n) is 1.63. The second-order valence-corrected chi connectivity index (χ2v) is 5.90. The van der Waals surface area contributed by atoms with Crippen molar-refractivity contribution in [2.24, 2.45) is 0 Å². The molecule has 0 bridgehead atoms. The molecule has 0 atom stereocenters. The van der Waals surface area contributed by atoms with Crippen LogP contribution in [0.4, 0.5) is 4.39 Å². The second kappa shape index (κ2) is 6.50. The smallest absolute Gasteiger partial charge is 0.260 e. The zero-order valence-electron chi connectivity index (χ0n) is 11.2. The first kappa shape index (κ1) is 15.9. The molecular formula is C13H12FN3O4S. The summed E-state index contributed by atoms with van der Waals surface area (Å²) in [5, 5.41) is 0. The van der Waals surface area contributed by atoms with Gasteiger partial charge in [0.1, 0.15) is 17.3 Å². The molecule has 9 heteroatoms. The predicted octanol–water partition coefficient (Wildman–Crippen LogP) is -0.00290. The van der Waals surface area contributed by atoms with Crippen LogP contribution in [0.15, 0.2) is 58.4 Å². The Morgan fingerprint density at radius 3 is 2.50 bits per heavy atom. The molecule has 0 unspecified atom stereocenters. The lowest BCUT2D eigenvalue weighted by Crippen LogP contribution is -2.44. The number of carbonyl (C=O) groups is 1. The van der Waals surface area contributed by atoms with E-state index in [0.717, 1.165) is 16.7 Å². The van der Waals surface area contributed by atoms with Gasteiger partial charge in [-0.2, -0.15) is 0 Å². The number of pyridine rings is 1. The SMILES string of the molecule is O=C(Cn1ccccc1=O)NNS(=O)(=O)c1ccccc1F. The van der Waals surface area contributed by atoms with Crippen LogP contribution < -0.4 is 15.8 Å². The van der Waals surface area contributed by atoms with Crippen LogP contribution in [0.2, 0.25) is 0 Å². The first-order valence-corrected chi connectivity index (χ1v) is 7.59. The normalized spacial score (nSPS) is 11.1. The van der Waals surface area contributed by atoms with Gasteiger partial charge in [0.15, 0.2) is 0 Å². The van der Waals surface area contributed by atoms with Gasteiger partial charge in [0.05, 0.1) is 0 Å². The molecule has 116 valence electrons. The number of nitrogens with zero attached hydrogens (tertiary/aromatic N) is 1. The Morgan fingerprint density at radius 1 is 1.14 bits per heavy atom. The maximum atomic E-state index is 13.4. The van der Waals surface area contributed by atoms with Gasteiger partial charge in [-0.05, 0) is 18.2 Å². The molecule has 2 rings (SSSR count).